The molecule has 26 heavy (non-hydrogen) atoms. The van der Waals surface area contributed by atoms with Crippen molar-refractivity contribution in [3.63, 3.8) is 0 Å². The molecule has 2 aromatic heterocycles. The molecule has 0 aliphatic rings. The number of nitro groups is 1. The zero-order valence-electron chi connectivity index (χ0n) is 13.7. The molecule has 0 radical (unpaired) electrons. The van der Waals surface area contributed by atoms with Gasteiger partial charge in [0.15, 0.2) is 0 Å². The minimum absolute atomic E-state index is 0.0637. The van der Waals surface area contributed by atoms with Gasteiger partial charge in [-0.05, 0) is 18.6 Å². The Morgan fingerprint density at radius 3 is 2.88 bits per heavy atom. The molecule has 0 saturated carbocycles. The van der Waals surface area contributed by atoms with E-state index in [1.165, 1.54) is 17.8 Å². The predicted molar refractivity (Wildman–Crippen MR) is 99.0 cm³/mol. The van der Waals surface area contributed by atoms with Crippen LogP contribution in [0.3, 0.4) is 0 Å². The summed E-state index contributed by atoms with van der Waals surface area (Å²) in [5.74, 6) is 0.441. The fourth-order valence-electron chi connectivity index (χ4n) is 2.73. The average Bonchev–Trinajstić information content (AvgIpc) is 3.28. The van der Waals surface area contributed by atoms with E-state index in [0.717, 1.165) is 22.0 Å². The fraction of sp³-hybridized carbons (Fsp3) is 0.111. The summed E-state index contributed by atoms with van der Waals surface area (Å²) in [6.45, 7) is 1.94. The number of benzene rings is 2. The number of nitrogens with one attached hydrogen (secondary N) is 1. The zero-order chi connectivity index (χ0) is 18.1. The highest BCUT2D eigenvalue weighted by molar-refractivity contribution is 7.99. The summed E-state index contributed by atoms with van der Waals surface area (Å²) >= 11 is 1.37. The highest BCUT2D eigenvalue weighted by Crippen LogP contribution is 2.37. The Hall–Kier alpha value is -3.13. The van der Waals surface area contributed by atoms with Gasteiger partial charge in [0, 0.05) is 34.5 Å². The van der Waals surface area contributed by atoms with E-state index in [-0.39, 0.29) is 10.9 Å². The van der Waals surface area contributed by atoms with Crippen molar-refractivity contribution in [1.29, 1.82) is 0 Å². The maximum atomic E-state index is 10.9. The number of para-hydroxylation sites is 1. The Kier molecular flexibility index (Phi) is 4.18. The second-order valence-electron chi connectivity index (χ2n) is 5.73. The van der Waals surface area contributed by atoms with E-state index in [9.17, 15) is 10.1 Å². The van der Waals surface area contributed by atoms with E-state index >= 15 is 0 Å². The molecule has 1 N–H and O–H groups in total. The molecule has 0 fully saturated rings. The first-order valence-corrected chi connectivity index (χ1v) is 8.81. The molecule has 7 nitrogen and oxygen atoms in total. The number of fused-ring (bicyclic) bond motifs is 1. The number of hydrogen-bond acceptors (Lipinski definition) is 6. The molecule has 1 unspecified atom stereocenters. The van der Waals surface area contributed by atoms with E-state index in [1.54, 1.807) is 12.1 Å². The molecule has 4 rings (SSSR count). The smallest absolute Gasteiger partial charge is 0.277 e. The second-order valence-corrected chi connectivity index (χ2v) is 7.03. The summed E-state index contributed by atoms with van der Waals surface area (Å²) in [6, 6.07) is 14.4. The van der Waals surface area contributed by atoms with Crippen molar-refractivity contribution in [3.05, 3.63) is 70.4 Å². The Labute approximate surface area is 152 Å². The molecule has 0 aliphatic carbocycles. The van der Waals surface area contributed by atoms with Gasteiger partial charge in [-0.2, -0.15) is 0 Å². The van der Waals surface area contributed by atoms with Crippen LogP contribution in [0.5, 0.6) is 0 Å². The van der Waals surface area contributed by atoms with Crippen molar-refractivity contribution in [2.24, 2.45) is 0 Å². The highest BCUT2D eigenvalue weighted by Gasteiger charge is 2.17. The van der Waals surface area contributed by atoms with Crippen LogP contribution in [0, 0.1) is 10.1 Å². The van der Waals surface area contributed by atoms with Crippen molar-refractivity contribution in [3.8, 4) is 11.5 Å². The molecule has 0 saturated heterocycles. The number of hydrogen-bond donors (Lipinski definition) is 1. The summed E-state index contributed by atoms with van der Waals surface area (Å²) in [4.78, 5) is 13.7. The van der Waals surface area contributed by atoms with E-state index in [4.69, 9.17) is 4.42 Å². The third-order valence-corrected chi connectivity index (χ3v) is 5.05. The number of thioether (sulfide) groups is 1. The van der Waals surface area contributed by atoms with Crippen molar-refractivity contribution < 1.29 is 9.34 Å². The van der Waals surface area contributed by atoms with Gasteiger partial charge in [0.25, 0.3) is 16.8 Å². The Morgan fingerprint density at radius 1 is 1.19 bits per heavy atom. The SMILES string of the molecule is CC(Sc1nnc(-c2c[nH]c3ccccc23)o1)c1cccc([N+](=O)[O-])c1. The van der Waals surface area contributed by atoms with E-state index < -0.39 is 4.92 Å². The molecule has 130 valence electrons. The average molecular weight is 366 g/mol. The molecule has 0 spiro atoms. The minimum Gasteiger partial charge on any atom is -0.411 e. The molecular weight excluding hydrogens is 352 g/mol. The third-order valence-electron chi connectivity index (χ3n) is 4.05. The number of non-ortho nitro benzene ring substituents is 1. The van der Waals surface area contributed by atoms with Crippen LogP contribution < -0.4 is 0 Å². The lowest BCUT2D eigenvalue weighted by atomic mass is 10.1. The van der Waals surface area contributed by atoms with Gasteiger partial charge in [0.05, 0.1) is 10.5 Å². The molecule has 0 amide bonds. The lowest BCUT2D eigenvalue weighted by Gasteiger charge is -2.08. The molecular formula is C18H14N4O3S. The Bertz CT molecular complexity index is 1090. The van der Waals surface area contributed by atoms with Gasteiger partial charge in [-0.1, -0.05) is 42.1 Å². The van der Waals surface area contributed by atoms with Crippen LogP contribution in [0.25, 0.3) is 22.4 Å². The topological polar surface area (TPSA) is 97.8 Å². The van der Waals surface area contributed by atoms with Crippen LogP contribution in [-0.4, -0.2) is 20.1 Å². The zero-order valence-corrected chi connectivity index (χ0v) is 14.6. The van der Waals surface area contributed by atoms with Crippen molar-refractivity contribution >= 4 is 28.4 Å². The highest BCUT2D eigenvalue weighted by atomic mass is 32.2. The van der Waals surface area contributed by atoms with Gasteiger partial charge in [0.1, 0.15) is 0 Å². The first kappa shape index (κ1) is 16.3. The summed E-state index contributed by atoms with van der Waals surface area (Å²) < 4.78 is 5.79. The third kappa shape index (κ3) is 3.06. The van der Waals surface area contributed by atoms with Crippen molar-refractivity contribution in [2.45, 2.75) is 17.4 Å². The van der Waals surface area contributed by atoms with Gasteiger partial charge in [-0.3, -0.25) is 10.1 Å². The number of aromatic nitrogens is 3. The van der Waals surface area contributed by atoms with E-state index in [0.29, 0.717) is 11.1 Å². The Balaban J connectivity index is 1.57. The molecule has 2 aromatic carbocycles. The quantitative estimate of drug-likeness (QED) is 0.304. The molecule has 8 heteroatoms. The molecule has 0 aliphatic heterocycles. The summed E-state index contributed by atoms with van der Waals surface area (Å²) in [7, 11) is 0. The monoisotopic (exact) mass is 366 g/mol. The Morgan fingerprint density at radius 2 is 2.04 bits per heavy atom. The van der Waals surface area contributed by atoms with Gasteiger partial charge in [0.2, 0.25) is 0 Å². The van der Waals surface area contributed by atoms with Crippen LogP contribution in [0.1, 0.15) is 17.7 Å². The lowest BCUT2D eigenvalue weighted by molar-refractivity contribution is -0.384. The first-order chi connectivity index (χ1) is 12.6. The van der Waals surface area contributed by atoms with Crippen LogP contribution >= 0.6 is 11.8 Å². The normalized spacial score (nSPS) is 12.3. The summed E-state index contributed by atoms with van der Waals surface area (Å²) in [5.41, 5.74) is 2.75. The van der Waals surface area contributed by atoms with Gasteiger partial charge < -0.3 is 9.40 Å². The van der Waals surface area contributed by atoms with Crippen molar-refractivity contribution in [2.75, 3.05) is 0 Å². The van der Waals surface area contributed by atoms with Gasteiger partial charge in [-0.25, -0.2) is 0 Å². The van der Waals surface area contributed by atoms with Crippen molar-refractivity contribution in [1.82, 2.24) is 15.2 Å². The van der Waals surface area contributed by atoms with Gasteiger partial charge in [-0.15, -0.1) is 10.2 Å². The largest absolute Gasteiger partial charge is 0.411 e. The summed E-state index contributed by atoms with van der Waals surface area (Å²) in [6.07, 6.45) is 1.84. The van der Waals surface area contributed by atoms with E-state index in [1.807, 2.05) is 43.5 Å². The van der Waals surface area contributed by atoms with Crippen LogP contribution in [0.2, 0.25) is 0 Å². The number of nitrogens with zero attached hydrogens (tertiary/aromatic N) is 3. The first-order valence-electron chi connectivity index (χ1n) is 7.93. The number of rotatable bonds is 5. The second kappa shape index (κ2) is 6.64. The molecule has 4 aromatic rings. The van der Waals surface area contributed by atoms with Crippen LogP contribution in [-0.2, 0) is 0 Å². The predicted octanol–water partition coefficient (Wildman–Crippen LogP) is 4.98. The van der Waals surface area contributed by atoms with Crippen LogP contribution in [0.4, 0.5) is 5.69 Å². The molecule has 0 bridgehead atoms. The fourth-order valence-corrected chi connectivity index (χ4v) is 3.53. The van der Waals surface area contributed by atoms with E-state index in [2.05, 4.69) is 15.2 Å². The molecule has 2 heterocycles. The molecule has 1 atom stereocenters. The number of nitro benzene ring substituents is 1. The number of aromatic amines is 1. The maximum Gasteiger partial charge on any atom is 0.277 e. The van der Waals surface area contributed by atoms with Gasteiger partial charge >= 0.3 is 0 Å². The lowest BCUT2D eigenvalue weighted by Crippen LogP contribution is -1.92. The van der Waals surface area contributed by atoms with Crippen LogP contribution in [0.15, 0.2) is 64.4 Å². The minimum atomic E-state index is -0.400. The standard InChI is InChI=1S/C18H14N4O3S/c1-11(12-5-4-6-13(9-12)22(23)24)26-18-21-20-17(25-18)15-10-19-16-8-3-2-7-14(15)16/h2-11,19H,1H3. The summed E-state index contributed by atoms with van der Waals surface area (Å²) in [5, 5.41) is 20.5. The maximum absolute atomic E-state index is 10.9. The number of H-pyrrole nitrogens is 1.